The van der Waals surface area contributed by atoms with Crippen LogP contribution in [0.1, 0.15) is 136 Å². The Balaban J connectivity index is 0.000000137. The first kappa shape index (κ1) is 83.6. The van der Waals surface area contributed by atoms with Crippen LogP contribution in [0, 0.1) is 67.2 Å². The van der Waals surface area contributed by atoms with Gasteiger partial charge < -0.3 is 43.2 Å². The lowest BCUT2D eigenvalue weighted by Gasteiger charge is -2.32. The fourth-order valence-corrected chi connectivity index (χ4v) is 15.7. The molecular formula is C84H99N21O13. The van der Waals surface area contributed by atoms with Crippen LogP contribution >= 0.6 is 0 Å². The summed E-state index contributed by atoms with van der Waals surface area (Å²) in [6.45, 7) is 30.4. The number of esters is 1. The Morgan fingerprint density at radius 3 is 1.20 bits per heavy atom. The number of fused-ring (bicyclic) bond motifs is 8. The Bertz CT molecular complexity index is 6410. The monoisotopic (exact) mass is 1610 g/mol. The molecular weight excluding hydrogens is 1510 g/mol. The van der Waals surface area contributed by atoms with Crippen LogP contribution < -0.4 is 56.0 Å². The van der Waals surface area contributed by atoms with Crippen molar-refractivity contribution in [3.63, 3.8) is 0 Å². The summed E-state index contributed by atoms with van der Waals surface area (Å²) in [6, 6.07) is 17.5. The van der Waals surface area contributed by atoms with Gasteiger partial charge in [-0.15, -0.1) is 0 Å². The van der Waals surface area contributed by atoms with E-state index in [4.69, 9.17) is 4.74 Å². The molecule has 5 aromatic rings. The van der Waals surface area contributed by atoms with Gasteiger partial charge in [-0.1, -0.05) is 12.8 Å². The van der Waals surface area contributed by atoms with Crippen LogP contribution in [0.15, 0.2) is 110 Å². The molecule has 11 aliphatic rings. The minimum atomic E-state index is -0.775. The first-order valence-electron chi connectivity index (χ1n) is 40.2. The quantitative estimate of drug-likeness (QED) is 0.0299. The normalized spacial score (nSPS) is 15.6. The number of piperidine rings is 2. The van der Waals surface area contributed by atoms with Crippen LogP contribution in [0.25, 0.3) is 90.2 Å². The number of carbonyl (C=O) groups excluding carboxylic acids is 1. The predicted molar refractivity (Wildman–Crippen MR) is 446 cm³/mol. The Labute approximate surface area is 675 Å². The van der Waals surface area contributed by atoms with Crippen molar-refractivity contribution in [2.75, 3.05) is 45.8 Å². The van der Waals surface area contributed by atoms with E-state index in [1.807, 2.05) is 130 Å². The van der Waals surface area contributed by atoms with Gasteiger partial charge in [0, 0.05) is 70.8 Å². The molecule has 1 saturated carbocycles. The molecule has 6 N–H and O–H groups in total. The number of hydrogen-bond acceptors (Lipinski definition) is 24. The summed E-state index contributed by atoms with van der Waals surface area (Å²) in [5.74, 6) is -0.174. The van der Waals surface area contributed by atoms with Gasteiger partial charge in [-0.25, -0.2) is 48.9 Å². The summed E-state index contributed by atoms with van der Waals surface area (Å²) >= 11 is 0. The fourth-order valence-electron chi connectivity index (χ4n) is 15.7. The number of carboxylic acid groups (broad SMARTS) is 1. The van der Waals surface area contributed by atoms with Gasteiger partial charge in [0.2, 0.25) is 0 Å². The van der Waals surface area contributed by atoms with Gasteiger partial charge in [0.15, 0.2) is 46.1 Å². The molecule has 118 heavy (non-hydrogen) atoms. The highest BCUT2D eigenvalue weighted by molar-refractivity contribution is 5.84. The highest BCUT2D eigenvalue weighted by Crippen LogP contribution is 2.31. The summed E-state index contributed by atoms with van der Waals surface area (Å²) in [4.78, 5) is 184. The van der Waals surface area contributed by atoms with Crippen molar-refractivity contribution in [3.8, 4) is 46.1 Å². The number of aliphatic carboxylic acids is 1. The van der Waals surface area contributed by atoms with Crippen LogP contribution in [0.3, 0.4) is 0 Å². The Morgan fingerprint density at radius 1 is 0.441 bits per heavy atom. The van der Waals surface area contributed by atoms with Gasteiger partial charge >= 0.3 is 40.4 Å². The number of hydrogen-bond donors (Lipinski definition) is 6. The standard InChI is InChI=1S/C24H31N5O4.C21H22N6O3.C20H23N5O4.C19H23N5O2/c1-14-12-17-18(13-15(14)2)29(20-19(25-17)21(30)27-23(32)26-20)11-10-28-8-6-16(7-9-28)22(31)33-24(3,4)5;1-13-11-15-16(12-14(13)2)27(18-17(23-15)19(28)25-20(29)24-18)10-5-3-4-8-26-9-6-7-22-21(26)30;1-10-8-14-15(9-11(10)2)25(17-16(22-14)18(26)24-20(29)23-17)7-6-21-13-5-3-4-12(13)19(27)28;1-12-10-14-15(11-13(12)2)24(9-8-23-6-4-3-5-7-23)17-16(20-14)18(25)22-19(26)21-17/h12-13,16H,6-11H2,1-5H3,(H,27,30,32);6-7,9,11-12H,3-5,8,10H2,1-2H3,(H,25,28,29);8-9,12-13,21H,3-7H2,1-2H3,(H,27,28)(H,24,26,29);10-11H,3-9H2,1-2H3,(H,22,25,26)/t;;12-,13+;/m..1./s1. The molecule has 3 fully saturated rings. The Morgan fingerprint density at radius 2 is 0.814 bits per heavy atom. The topological polar surface area (TPSA) is 440 Å². The maximum Gasteiger partial charge on any atom is 0.349 e. The van der Waals surface area contributed by atoms with Crippen LogP contribution in [0.4, 0.5) is 0 Å². The van der Waals surface area contributed by atoms with E-state index in [9.17, 15) is 57.8 Å². The van der Waals surface area contributed by atoms with E-state index < -0.39 is 56.6 Å². The second-order valence-electron chi connectivity index (χ2n) is 32.1. The number of likely N-dealkylation sites (tertiary alicyclic amines) is 2. The first-order valence-corrected chi connectivity index (χ1v) is 40.2. The molecule has 4 aromatic carbocycles. The number of aromatic nitrogens is 18. The highest BCUT2D eigenvalue weighted by Gasteiger charge is 2.34. The van der Waals surface area contributed by atoms with E-state index in [1.165, 1.54) is 25.5 Å². The van der Waals surface area contributed by atoms with E-state index in [0.717, 1.165) is 150 Å². The minimum absolute atomic E-state index is 0.0791. The summed E-state index contributed by atoms with van der Waals surface area (Å²) in [5.41, 5.74) is 10.0. The van der Waals surface area contributed by atoms with E-state index in [-0.39, 0.29) is 58.1 Å². The van der Waals surface area contributed by atoms with Crippen molar-refractivity contribution >= 4 is 56.1 Å². The molecule has 34 nitrogen and oxygen atoms in total. The second-order valence-corrected chi connectivity index (χ2v) is 32.1. The number of rotatable bonds is 18. The average Bonchev–Trinajstić information content (AvgIpc) is 0.789. The number of carbonyl (C=O) groups is 2. The molecule has 0 amide bonds. The third kappa shape index (κ3) is 19.0. The number of carboxylic acids is 1. The minimum Gasteiger partial charge on any atom is -0.481 e. The Hall–Kier alpha value is -12.3. The molecule has 16 rings (SSSR count). The zero-order valence-electron chi connectivity index (χ0n) is 68.3. The molecule has 618 valence electrons. The zero-order valence-corrected chi connectivity index (χ0v) is 68.3. The summed E-state index contributed by atoms with van der Waals surface area (Å²) in [6.07, 6.45) is 13.3. The first-order chi connectivity index (χ1) is 56.3. The third-order valence-corrected chi connectivity index (χ3v) is 22.6. The Kier molecular flexibility index (Phi) is 25.3. The molecule has 1 aromatic heterocycles. The maximum atomic E-state index is 12.4. The third-order valence-electron chi connectivity index (χ3n) is 22.6. The number of H-pyrrole nitrogens is 4. The number of aromatic amines is 4. The van der Waals surface area contributed by atoms with Crippen LogP contribution in [-0.4, -0.2) is 172 Å². The number of benzene rings is 4. The largest absolute Gasteiger partial charge is 0.481 e. The number of aryl methyl sites for hydroxylation is 10. The fraction of sp³-hybridized carbons (Fsp3) is 0.452. The van der Waals surface area contributed by atoms with Crippen molar-refractivity contribution < 1.29 is 19.4 Å². The molecule has 10 aliphatic heterocycles. The van der Waals surface area contributed by atoms with Crippen molar-refractivity contribution in [1.82, 2.24) is 103 Å². The van der Waals surface area contributed by atoms with Crippen molar-refractivity contribution in [1.29, 1.82) is 0 Å². The predicted octanol–water partition coefficient (Wildman–Crippen LogP) is 6.62. The van der Waals surface area contributed by atoms with Crippen molar-refractivity contribution in [3.05, 3.63) is 205 Å². The van der Waals surface area contributed by atoms with Gasteiger partial charge in [-0.2, -0.15) is 19.9 Å². The van der Waals surface area contributed by atoms with E-state index in [2.05, 4.69) is 92.9 Å². The number of nitrogens with zero attached hydrogens (tertiary/aromatic N) is 16. The molecule has 11 heterocycles. The summed E-state index contributed by atoms with van der Waals surface area (Å²) in [5, 5.41) is 12.7. The van der Waals surface area contributed by atoms with Crippen LogP contribution in [-0.2, 0) is 47.0 Å². The zero-order chi connectivity index (χ0) is 84.1. The average molecular weight is 1610 g/mol. The molecule has 34 heteroatoms. The smallest absolute Gasteiger partial charge is 0.349 e. The van der Waals surface area contributed by atoms with E-state index in [1.54, 1.807) is 16.8 Å². The molecule has 0 spiro atoms. The molecule has 2 atom stereocenters. The number of nitrogens with one attached hydrogen (secondary N) is 5. The SMILES string of the molecule is Cc1cc2nc3c(=O)[nH]c(=O)nc-3n(CCCCCn3cccnc3=O)c2cc1C.Cc1cc2nc3c(=O)[nH]c(=O)nc-3n(CCN3CCC(C(=O)OC(C)(C)C)CC3)c2cc1C.Cc1cc2nc3c(=O)[nH]c(=O)nc-3n(CCN3CCCCC3)c2cc1C.Cc1cc2nc3c(=O)[nH]c(=O)nc-3n(CCN[C@H]3CCC[C@H]3C(=O)O)c2cc1C. The highest BCUT2D eigenvalue weighted by atomic mass is 16.6. The van der Waals surface area contributed by atoms with Gasteiger partial charge in [0.1, 0.15) is 5.60 Å². The van der Waals surface area contributed by atoms with Crippen molar-refractivity contribution in [2.45, 2.75) is 191 Å². The van der Waals surface area contributed by atoms with Gasteiger partial charge in [-0.05, 0) is 259 Å². The molecule has 2 saturated heterocycles. The lowest BCUT2D eigenvalue weighted by atomic mass is 9.96. The number of unbranched alkanes of at least 4 members (excludes halogenated alkanes) is 2. The van der Waals surface area contributed by atoms with Crippen molar-refractivity contribution in [2.24, 2.45) is 11.8 Å². The molecule has 1 aliphatic carbocycles. The van der Waals surface area contributed by atoms with E-state index >= 15 is 0 Å². The van der Waals surface area contributed by atoms with E-state index in [0.29, 0.717) is 86.3 Å². The van der Waals surface area contributed by atoms with Crippen LogP contribution in [0.5, 0.6) is 0 Å². The molecule has 0 bridgehead atoms. The lowest BCUT2D eigenvalue weighted by Crippen LogP contribution is -2.40. The van der Waals surface area contributed by atoms with Gasteiger partial charge in [-0.3, -0.25) is 53.3 Å². The molecule has 0 unspecified atom stereocenters. The number of ether oxygens (including phenoxy) is 1. The van der Waals surface area contributed by atoms with Gasteiger partial charge in [0.05, 0.1) is 56.0 Å². The maximum absolute atomic E-state index is 12.4. The molecule has 0 radical (unpaired) electrons. The van der Waals surface area contributed by atoms with Gasteiger partial charge in [0.25, 0.3) is 22.2 Å². The van der Waals surface area contributed by atoms with Crippen LogP contribution in [0.2, 0.25) is 0 Å². The summed E-state index contributed by atoms with van der Waals surface area (Å²) < 4.78 is 14.7. The second kappa shape index (κ2) is 35.7. The summed E-state index contributed by atoms with van der Waals surface area (Å²) in [7, 11) is 0. The lowest BCUT2D eigenvalue weighted by molar-refractivity contribution is -0.161.